The van der Waals surface area contributed by atoms with Crippen molar-refractivity contribution < 1.29 is 14.6 Å². The molecule has 1 N–H and O–H groups in total. The van der Waals surface area contributed by atoms with Gasteiger partial charge in [-0.2, -0.15) is 0 Å². The number of carbonyl (C=O) groups is 1. The molecule has 1 aromatic heterocycles. The summed E-state index contributed by atoms with van der Waals surface area (Å²) in [5.41, 5.74) is 0.950. The lowest BCUT2D eigenvalue weighted by Gasteiger charge is -2.06. The van der Waals surface area contributed by atoms with E-state index in [9.17, 15) is 9.90 Å². The molecule has 0 amide bonds. The highest BCUT2D eigenvalue weighted by Gasteiger charge is 2.18. The fourth-order valence-electron chi connectivity index (χ4n) is 1.11. The molecule has 1 rings (SSSR count). The molecule has 0 aliphatic heterocycles. The van der Waals surface area contributed by atoms with Crippen molar-refractivity contribution in [1.82, 2.24) is 4.98 Å². The number of carbonyl (C=O) groups excluding carboxylic acids is 1. The molecule has 0 saturated carbocycles. The Morgan fingerprint density at radius 3 is 2.73 bits per heavy atom. The number of ether oxygens (including phenoxy) is 1. The zero-order valence-corrected chi connectivity index (χ0v) is 9.93. The summed E-state index contributed by atoms with van der Waals surface area (Å²) in [6.45, 7) is 5.87. The molecule has 0 radical (unpaired) electrons. The number of esters is 1. The van der Waals surface area contributed by atoms with E-state index in [0.717, 1.165) is 15.6 Å². The largest absolute Gasteiger partial charge is 0.464 e. The first-order chi connectivity index (χ1) is 7.04. The van der Waals surface area contributed by atoms with Crippen LogP contribution in [0, 0.1) is 13.8 Å². The number of hydrogen-bond acceptors (Lipinski definition) is 5. The van der Waals surface area contributed by atoms with Gasteiger partial charge in [0.15, 0.2) is 6.10 Å². The normalized spacial score (nSPS) is 12.5. The van der Waals surface area contributed by atoms with Gasteiger partial charge in [-0.3, -0.25) is 0 Å². The number of aliphatic hydroxyl groups excluding tert-OH is 1. The molecule has 1 heterocycles. The van der Waals surface area contributed by atoms with Gasteiger partial charge in [-0.15, -0.1) is 11.3 Å². The predicted molar refractivity (Wildman–Crippen MR) is 57.9 cm³/mol. The lowest BCUT2D eigenvalue weighted by molar-refractivity contribution is -0.152. The van der Waals surface area contributed by atoms with Crippen LogP contribution in [-0.2, 0) is 16.0 Å². The molecule has 15 heavy (non-hydrogen) atoms. The molecule has 0 aliphatic carbocycles. The number of hydrogen-bond donors (Lipinski definition) is 1. The third kappa shape index (κ3) is 3.28. The molecular weight excluding hydrogens is 214 g/mol. The Morgan fingerprint density at radius 2 is 2.27 bits per heavy atom. The summed E-state index contributed by atoms with van der Waals surface area (Å²) < 4.78 is 4.70. The first-order valence-corrected chi connectivity index (χ1v) is 5.63. The Morgan fingerprint density at radius 1 is 1.60 bits per heavy atom. The summed E-state index contributed by atoms with van der Waals surface area (Å²) in [5, 5.41) is 10.3. The smallest absolute Gasteiger partial charge is 0.335 e. The van der Waals surface area contributed by atoms with Gasteiger partial charge >= 0.3 is 5.97 Å². The minimum Gasteiger partial charge on any atom is -0.464 e. The maximum atomic E-state index is 11.1. The monoisotopic (exact) mass is 229 g/mol. The van der Waals surface area contributed by atoms with Crippen molar-refractivity contribution in [2.75, 3.05) is 6.61 Å². The number of aryl methyl sites for hydroxylation is 2. The minimum atomic E-state index is -1.10. The summed E-state index contributed by atoms with van der Waals surface area (Å²) in [6, 6.07) is 0. The second kappa shape index (κ2) is 5.23. The van der Waals surface area contributed by atoms with Gasteiger partial charge in [-0.25, -0.2) is 9.78 Å². The zero-order valence-electron chi connectivity index (χ0n) is 9.11. The van der Waals surface area contributed by atoms with E-state index in [1.165, 1.54) is 11.3 Å². The van der Waals surface area contributed by atoms with E-state index in [1.54, 1.807) is 6.92 Å². The van der Waals surface area contributed by atoms with Gasteiger partial charge in [0.2, 0.25) is 0 Å². The van der Waals surface area contributed by atoms with Crippen molar-refractivity contribution in [2.24, 2.45) is 0 Å². The van der Waals surface area contributed by atoms with Gasteiger partial charge in [-0.1, -0.05) is 0 Å². The van der Waals surface area contributed by atoms with Crippen molar-refractivity contribution in [3.63, 3.8) is 0 Å². The van der Waals surface area contributed by atoms with Crippen molar-refractivity contribution in [3.05, 3.63) is 15.6 Å². The number of thiazole rings is 1. The molecule has 84 valence electrons. The predicted octanol–water partition coefficient (Wildman–Crippen LogP) is 1.23. The summed E-state index contributed by atoms with van der Waals surface area (Å²) in [4.78, 5) is 16.5. The molecule has 1 atom stereocenters. The molecule has 0 fully saturated rings. The zero-order chi connectivity index (χ0) is 11.4. The summed E-state index contributed by atoms with van der Waals surface area (Å²) in [6.07, 6.45) is -0.868. The number of aromatic nitrogens is 1. The second-order valence-corrected chi connectivity index (χ2v) is 4.51. The Hall–Kier alpha value is -0.940. The highest BCUT2D eigenvalue weighted by atomic mass is 32.1. The van der Waals surface area contributed by atoms with Crippen LogP contribution in [0.15, 0.2) is 0 Å². The van der Waals surface area contributed by atoms with Crippen molar-refractivity contribution >= 4 is 17.3 Å². The standard InChI is InChI=1S/C10H15NO3S/c1-4-14-10(13)8(12)5-9-11-6(2)7(3)15-9/h8,12H,4-5H2,1-3H3. The van der Waals surface area contributed by atoms with Gasteiger partial charge in [0.25, 0.3) is 0 Å². The average Bonchev–Trinajstić information content (AvgIpc) is 2.46. The van der Waals surface area contributed by atoms with Crippen molar-refractivity contribution in [1.29, 1.82) is 0 Å². The molecule has 0 aliphatic rings. The van der Waals surface area contributed by atoms with E-state index in [0.29, 0.717) is 0 Å². The van der Waals surface area contributed by atoms with E-state index < -0.39 is 12.1 Å². The fourth-order valence-corrected chi connectivity index (χ4v) is 2.08. The highest BCUT2D eigenvalue weighted by Crippen LogP contribution is 2.17. The molecule has 1 aromatic rings. The Balaban J connectivity index is 2.58. The topological polar surface area (TPSA) is 59.4 Å². The molecule has 4 nitrogen and oxygen atoms in total. The minimum absolute atomic E-state index is 0.234. The maximum Gasteiger partial charge on any atom is 0.335 e. The third-order valence-corrected chi connectivity index (χ3v) is 3.09. The number of nitrogens with zero attached hydrogens (tertiary/aromatic N) is 1. The van der Waals surface area contributed by atoms with Crippen molar-refractivity contribution in [2.45, 2.75) is 33.3 Å². The lowest BCUT2D eigenvalue weighted by atomic mass is 10.2. The van der Waals surface area contributed by atoms with Crippen LogP contribution in [-0.4, -0.2) is 28.8 Å². The Bertz CT molecular complexity index is 329. The van der Waals surface area contributed by atoms with Crippen molar-refractivity contribution in [3.8, 4) is 0 Å². The first kappa shape index (κ1) is 12.1. The molecule has 0 aromatic carbocycles. The Kier molecular flexibility index (Phi) is 4.23. The summed E-state index contributed by atoms with van der Waals surface area (Å²) in [5.74, 6) is -0.581. The summed E-state index contributed by atoms with van der Waals surface area (Å²) in [7, 11) is 0. The quantitative estimate of drug-likeness (QED) is 0.789. The van der Waals surface area contributed by atoms with Crippen LogP contribution >= 0.6 is 11.3 Å². The van der Waals surface area contributed by atoms with E-state index in [2.05, 4.69) is 4.98 Å². The third-order valence-electron chi connectivity index (χ3n) is 2.00. The fraction of sp³-hybridized carbons (Fsp3) is 0.600. The van der Waals surface area contributed by atoms with E-state index in [1.807, 2.05) is 13.8 Å². The Labute approximate surface area is 92.9 Å². The molecular formula is C10H15NO3S. The maximum absolute atomic E-state index is 11.1. The average molecular weight is 229 g/mol. The van der Waals surface area contributed by atoms with Crippen LogP contribution in [0.3, 0.4) is 0 Å². The molecule has 0 spiro atoms. The van der Waals surface area contributed by atoms with Crippen LogP contribution in [0.4, 0.5) is 0 Å². The van der Waals surface area contributed by atoms with Gasteiger partial charge in [0.1, 0.15) is 0 Å². The first-order valence-electron chi connectivity index (χ1n) is 4.82. The van der Waals surface area contributed by atoms with Crippen LogP contribution in [0.1, 0.15) is 22.5 Å². The van der Waals surface area contributed by atoms with Gasteiger partial charge in [0, 0.05) is 11.3 Å². The van der Waals surface area contributed by atoms with Crippen LogP contribution < -0.4 is 0 Å². The molecule has 1 unspecified atom stereocenters. The SMILES string of the molecule is CCOC(=O)C(O)Cc1nc(C)c(C)s1. The molecule has 5 heteroatoms. The number of aliphatic hydroxyl groups is 1. The van der Waals surface area contributed by atoms with E-state index in [-0.39, 0.29) is 13.0 Å². The van der Waals surface area contributed by atoms with Gasteiger partial charge in [0.05, 0.1) is 17.3 Å². The van der Waals surface area contributed by atoms with E-state index >= 15 is 0 Å². The lowest BCUT2D eigenvalue weighted by Crippen LogP contribution is -2.25. The van der Waals surface area contributed by atoms with Crippen LogP contribution in [0.2, 0.25) is 0 Å². The summed E-state index contributed by atoms with van der Waals surface area (Å²) >= 11 is 1.50. The van der Waals surface area contributed by atoms with Gasteiger partial charge < -0.3 is 9.84 Å². The van der Waals surface area contributed by atoms with Gasteiger partial charge in [-0.05, 0) is 20.8 Å². The number of rotatable bonds is 4. The second-order valence-electron chi connectivity index (χ2n) is 3.22. The molecule has 0 bridgehead atoms. The highest BCUT2D eigenvalue weighted by molar-refractivity contribution is 7.11. The van der Waals surface area contributed by atoms with Crippen LogP contribution in [0.25, 0.3) is 0 Å². The van der Waals surface area contributed by atoms with E-state index in [4.69, 9.17) is 4.74 Å². The molecule has 0 saturated heterocycles. The van der Waals surface area contributed by atoms with Crippen LogP contribution in [0.5, 0.6) is 0 Å².